The molecule has 0 amide bonds. The summed E-state index contributed by atoms with van der Waals surface area (Å²) in [5.41, 5.74) is 13.1. The third-order valence-corrected chi connectivity index (χ3v) is 10.8. The van der Waals surface area contributed by atoms with Gasteiger partial charge in [-0.2, -0.15) is 0 Å². The van der Waals surface area contributed by atoms with Gasteiger partial charge >= 0.3 is 0 Å². The number of rotatable bonds is 3. The van der Waals surface area contributed by atoms with Crippen LogP contribution in [0, 0.1) is 0 Å². The SMILES string of the molecule is CC1(C)c2ccccc2-c2c1cc(-c1ccc(-c3ccc4ccc5cccc6ccc3c4c56)c(-c3ccccc3)c1)c1ccccc21. The number of hydrogen-bond donors (Lipinski definition) is 0. The van der Waals surface area contributed by atoms with Crippen LogP contribution in [-0.2, 0) is 5.41 Å². The fraction of sp³-hybridized carbons (Fsp3) is 0.0638. The minimum atomic E-state index is -0.0748. The predicted octanol–water partition coefficient (Wildman–Crippen LogP) is 13.0. The Morgan fingerprint density at radius 2 is 1.00 bits per heavy atom. The molecule has 220 valence electrons. The fourth-order valence-electron chi connectivity index (χ4n) is 8.56. The average molecular weight is 597 g/mol. The van der Waals surface area contributed by atoms with Crippen LogP contribution in [0.15, 0.2) is 158 Å². The van der Waals surface area contributed by atoms with E-state index in [2.05, 4.69) is 172 Å². The Morgan fingerprint density at radius 1 is 0.340 bits per heavy atom. The van der Waals surface area contributed by atoms with Crippen molar-refractivity contribution in [1.82, 2.24) is 0 Å². The monoisotopic (exact) mass is 596 g/mol. The second-order valence-corrected chi connectivity index (χ2v) is 13.7. The number of benzene rings is 9. The molecular formula is C47H32. The van der Waals surface area contributed by atoms with Crippen LogP contribution in [0.2, 0.25) is 0 Å². The summed E-state index contributed by atoms with van der Waals surface area (Å²) in [6.07, 6.45) is 0. The molecule has 0 radical (unpaired) electrons. The summed E-state index contributed by atoms with van der Waals surface area (Å²) in [5.74, 6) is 0. The molecule has 0 saturated carbocycles. The molecule has 0 bridgehead atoms. The summed E-state index contributed by atoms with van der Waals surface area (Å²) < 4.78 is 0. The Balaban J connectivity index is 1.25. The van der Waals surface area contributed by atoms with Crippen molar-refractivity contribution < 1.29 is 0 Å². The van der Waals surface area contributed by atoms with E-state index in [0.29, 0.717) is 0 Å². The van der Waals surface area contributed by atoms with Gasteiger partial charge in [0.1, 0.15) is 0 Å². The Bertz CT molecular complexity index is 2670. The molecule has 0 saturated heterocycles. The van der Waals surface area contributed by atoms with Crippen LogP contribution in [-0.4, -0.2) is 0 Å². The third kappa shape index (κ3) is 3.70. The van der Waals surface area contributed by atoms with Gasteiger partial charge in [-0.1, -0.05) is 159 Å². The van der Waals surface area contributed by atoms with Gasteiger partial charge in [-0.05, 0) is 111 Å². The first-order valence-corrected chi connectivity index (χ1v) is 16.6. The summed E-state index contributed by atoms with van der Waals surface area (Å²) >= 11 is 0. The average Bonchev–Trinajstić information content (AvgIpc) is 3.36. The van der Waals surface area contributed by atoms with E-state index in [1.165, 1.54) is 98.7 Å². The highest BCUT2D eigenvalue weighted by atomic mass is 14.4. The Hall–Kier alpha value is -5.72. The van der Waals surface area contributed by atoms with Crippen molar-refractivity contribution in [3.8, 4) is 44.5 Å². The van der Waals surface area contributed by atoms with Crippen molar-refractivity contribution in [3.05, 3.63) is 169 Å². The van der Waals surface area contributed by atoms with E-state index >= 15 is 0 Å². The molecule has 0 unspecified atom stereocenters. The number of hydrogen-bond acceptors (Lipinski definition) is 0. The first-order valence-electron chi connectivity index (χ1n) is 16.6. The van der Waals surface area contributed by atoms with Crippen LogP contribution in [0.25, 0.3) is 87.6 Å². The molecule has 10 rings (SSSR count). The smallest absolute Gasteiger partial charge is 0.0159 e. The van der Waals surface area contributed by atoms with Gasteiger partial charge in [0.15, 0.2) is 0 Å². The molecule has 0 atom stereocenters. The van der Waals surface area contributed by atoms with Gasteiger partial charge in [-0.15, -0.1) is 0 Å². The van der Waals surface area contributed by atoms with Crippen molar-refractivity contribution in [1.29, 1.82) is 0 Å². The molecule has 0 spiro atoms. The van der Waals surface area contributed by atoms with E-state index in [1.807, 2.05) is 0 Å². The normalized spacial score (nSPS) is 13.5. The highest BCUT2D eigenvalue weighted by Gasteiger charge is 2.37. The topological polar surface area (TPSA) is 0 Å². The van der Waals surface area contributed by atoms with Gasteiger partial charge in [0.2, 0.25) is 0 Å². The molecule has 0 aromatic heterocycles. The van der Waals surface area contributed by atoms with Crippen molar-refractivity contribution in [2.75, 3.05) is 0 Å². The zero-order valence-electron chi connectivity index (χ0n) is 26.5. The van der Waals surface area contributed by atoms with Crippen molar-refractivity contribution >= 4 is 43.1 Å². The van der Waals surface area contributed by atoms with Gasteiger partial charge in [-0.25, -0.2) is 0 Å². The summed E-state index contributed by atoms with van der Waals surface area (Å²) in [5, 5.41) is 10.5. The van der Waals surface area contributed by atoms with E-state index in [0.717, 1.165) is 0 Å². The standard InChI is InChI=1S/C47H32/c1-47(2)42-18-9-8-17-39(42)46-37-16-7-6-15-34(37)41(28-43(46)47)33-23-25-36(40(27-33)29-11-4-3-5-12-29)35-24-21-32-20-19-30-13-10-14-31-22-26-38(35)45(32)44(30)31/h3-28H,1-2H3. The lowest BCUT2D eigenvalue weighted by molar-refractivity contribution is 0.661. The van der Waals surface area contributed by atoms with Crippen LogP contribution < -0.4 is 0 Å². The Morgan fingerprint density at radius 3 is 1.83 bits per heavy atom. The second-order valence-electron chi connectivity index (χ2n) is 13.7. The van der Waals surface area contributed by atoms with Gasteiger partial charge < -0.3 is 0 Å². The summed E-state index contributed by atoms with van der Waals surface area (Å²) in [4.78, 5) is 0. The fourth-order valence-corrected chi connectivity index (χ4v) is 8.56. The van der Waals surface area contributed by atoms with E-state index in [4.69, 9.17) is 0 Å². The molecular weight excluding hydrogens is 565 g/mol. The highest BCUT2D eigenvalue weighted by molar-refractivity contribution is 6.26. The van der Waals surface area contributed by atoms with Crippen LogP contribution in [0.5, 0.6) is 0 Å². The van der Waals surface area contributed by atoms with Crippen molar-refractivity contribution in [2.24, 2.45) is 0 Å². The maximum atomic E-state index is 2.48. The maximum absolute atomic E-state index is 2.48. The van der Waals surface area contributed by atoms with Crippen LogP contribution in [0.3, 0.4) is 0 Å². The zero-order valence-corrected chi connectivity index (χ0v) is 26.5. The van der Waals surface area contributed by atoms with Crippen LogP contribution in [0.1, 0.15) is 25.0 Å². The summed E-state index contributed by atoms with van der Waals surface area (Å²) in [7, 11) is 0. The minimum Gasteiger partial charge on any atom is -0.0622 e. The lowest BCUT2D eigenvalue weighted by atomic mass is 9.80. The third-order valence-electron chi connectivity index (χ3n) is 10.8. The number of fused-ring (bicyclic) bond motifs is 5. The van der Waals surface area contributed by atoms with E-state index in [1.54, 1.807) is 0 Å². The minimum absolute atomic E-state index is 0.0748. The van der Waals surface area contributed by atoms with Crippen LogP contribution >= 0.6 is 0 Å². The van der Waals surface area contributed by atoms with Gasteiger partial charge in [0.25, 0.3) is 0 Å². The lowest BCUT2D eigenvalue weighted by Crippen LogP contribution is -2.15. The molecule has 1 aliphatic rings. The Labute approximate surface area is 274 Å². The summed E-state index contributed by atoms with van der Waals surface area (Å²) in [6.45, 7) is 4.76. The van der Waals surface area contributed by atoms with Crippen molar-refractivity contribution in [3.63, 3.8) is 0 Å². The van der Waals surface area contributed by atoms with Crippen LogP contribution in [0.4, 0.5) is 0 Å². The lowest BCUT2D eigenvalue weighted by Gasteiger charge is -2.23. The molecule has 1 aliphatic carbocycles. The van der Waals surface area contributed by atoms with Gasteiger partial charge in [0.05, 0.1) is 0 Å². The van der Waals surface area contributed by atoms with E-state index in [9.17, 15) is 0 Å². The molecule has 9 aromatic rings. The van der Waals surface area contributed by atoms with E-state index in [-0.39, 0.29) is 5.41 Å². The molecule has 0 nitrogen and oxygen atoms in total. The molecule has 47 heavy (non-hydrogen) atoms. The molecule has 0 aliphatic heterocycles. The predicted molar refractivity (Wildman–Crippen MR) is 202 cm³/mol. The first-order chi connectivity index (χ1) is 23.1. The largest absolute Gasteiger partial charge is 0.0622 e. The highest BCUT2D eigenvalue weighted by Crippen LogP contribution is 2.53. The molecule has 0 heteroatoms. The van der Waals surface area contributed by atoms with Gasteiger partial charge in [-0.3, -0.25) is 0 Å². The molecule has 9 aromatic carbocycles. The Kier molecular flexibility index (Phi) is 5.44. The molecule has 0 N–H and O–H groups in total. The summed E-state index contributed by atoms with van der Waals surface area (Å²) in [6, 6.07) is 58.9. The first kappa shape index (κ1) is 26.5. The molecule has 0 fully saturated rings. The van der Waals surface area contributed by atoms with E-state index < -0.39 is 0 Å². The maximum Gasteiger partial charge on any atom is 0.0159 e. The molecule has 0 heterocycles. The van der Waals surface area contributed by atoms with Gasteiger partial charge in [0, 0.05) is 5.41 Å². The second kappa shape index (κ2) is 9.64. The zero-order chi connectivity index (χ0) is 31.3. The quantitative estimate of drug-likeness (QED) is 0.178. The van der Waals surface area contributed by atoms with Crippen molar-refractivity contribution in [2.45, 2.75) is 19.3 Å².